The molecule has 108 valence electrons. The maximum absolute atomic E-state index is 12.2. The number of nitrogens with zero attached hydrogens (tertiary/aromatic N) is 1. The highest BCUT2D eigenvalue weighted by atomic mass is 16.5. The van der Waals surface area contributed by atoms with Gasteiger partial charge in [0.2, 0.25) is 0 Å². The second-order valence-corrected chi connectivity index (χ2v) is 5.31. The van der Waals surface area contributed by atoms with Crippen molar-refractivity contribution >= 4 is 11.7 Å². The number of carbonyl (C=O) groups is 1. The van der Waals surface area contributed by atoms with Crippen LogP contribution >= 0.6 is 0 Å². The Balaban J connectivity index is 1.85. The van der Waals surface area contributed by atoms with Gasteiger partial charge in [-0.25, -0.2) is 0 Å². The Bertz CT molecular complexity index is 624. The summed E-state index contributed by atoms with van der Waals surface area (Å²) in [5.41, 5.74) is 3.60. The number of para-hydroxylation sites is 1. The number of hydrogen-bond donors (Lipinski definition) is 0. The average Bonchev–Trinajstić information content (AvgIpc) is 2.96. The third-order valence-corrected chi connectivity index (χ3v) is 4.07. The van der Waals surface area contributed by atoms with Gasteiger partial charge in [0.05, 0.1) is 13.0 Å². The van der Waals surface area contributed by atoms with Crippen molar-refractivity contribution in [1.29, 1.82) is 0 Å². The quantitative estimate of drug-likeness (QED) is 0.807. The Morgan fingerprint density at radius 2 is 1.86 bits per heavy atom. The van der Waals surface area contributed by atoms with Crippen LogP contribution in [-0.4, -0.2) is 26.2 Å². The Labute approximate surface area is 125 Å². The molecule has 2 aromatic carbocycles. The molecule has 0 saturated heterocycles. The van der Waals surface area contributed by atoms with Gasteiger partial charge in [0, 0.05) is 18.8 Å². The van der Waals surface area contributed by atoms with E-state index >= 15 is 0 Å². The van der Waals surface area contributed by atoms with Crippen molar-refractivity contribution in [1.82, 2.24) is 0 Å². The Morgan fingerprint density at radius 3 is 2.62 bits per heavy atom. The summed E-state index contributed by atoms with van der Waals surface area (Å²) < 4.78 is 5.00. The average molecular weight is 281 g/mol. The lowest BCUT2D eigenvalue weighted by Gasteiger charge is -2.24. The second kappa shape index (κ2) is 6.00. The van der Waals surface area contributed by atoms with Crippen molar-refractivity contribution in [3.05, 3.63) is 65.7 Å². The number of anilines is 1. The number of carbonyl (C=O) groups excluding carboxylic acids is 1. The first kappa shape index (κ1) is 13.7. The van der Waals surface area contributed by atoms with Gasteiger partial charge in [0.1, 0.15) is 0 Å². The minimum Gasteiger partial charge on any atom is -0.468 e. The zero-order valence-corrected chi connectivity index (χ0v) is 12.2. The summed E-state index contributed by atoms with van der Waals surface area (Å²) in [7, 11) is 1.45. The molecule has 3 nitrogen and oxygen atoms in total. The molecule has 0 amide bonds. The van der Waals surface area contributed by atoms with Gasteiger partial charge in [0.25, 0.3) is 0 Å². The van der Waals surface area contributed by atoms with Gasteiger partial charge in [-0.15, -0.1) is 0 Å². The number of hydrogen-bond acceptors (Lipinski definition) is 3. The lowest BCUT2D eigenvalue weighted by Crippen LogP contribution is -2.31. The van der Waals surface area contributed by atoms with Crippen LogP contribution in [0.4, 0.5) is 5.69 Å². The van der Waals surface area contributed by atoms with Gasteiger partial charge in [-0.1, -0.05) is 48.5 Å². The summed E-state index contributed by atoms with van der Waals surface area (Å²) in [6.45, 7) is 1.62. The Hall–Kier alpha value is -2.29. The summed E-state index contributed by atoms with van der Waals surface area (Å²) >= 11 is 0. The van der Waals surface area contributed by atoms with E-state index in [0.717, 1.165) is 18.5 Å². The van der Waals surface area contributed by atoms with Crippen LogP contribution in [0.5, 0.6) is 0 Å². The number of methoxy groups -OCH3 is 1. The van der Waals surface area contributed by atoms with Crippen molar-refractivity contribution in [3.8, 4) is 0 Å². The second-order valence-electron chi connectivity index (χ2n) is 5.31. The van der Waals surface area contributed by atoms with Crippen LogP contribution in [0.2, 0.25) is 0 Å². The van der Waals surface area contributed by atoms with Gasteiger partial charge < -0.3 is 9.64 Å². The van der Waals surface area contributed by atoms with Crippen LogP contribution < -0.4 is 4.90 Å². The molecule has 0 aromatic heterocycles. The first-order chi connectivity index (χ1) is 10.3. The summed E-state index contributed by atoms with van der Waals surface area (Å²) in [5.74, 6) is -0.423. The maximum Gasteiger partial charge on any atom is 0.314 e. The molecule has 3 rings (SSSR count). The van der Waals surface area contributed by atoms with Gasteiger partial charge in [-0.05, 0) is 23.6 Å². The molecule has 0 bridgehead atoms. The molecule has 1 aliphatic rings. The van der Waals surface area contributed by atoms with E-state index in [2.05, 4.69) is 23.1 Å². The summed E-state index contributed by atoms with van der Waals surface area (Å²) in [6.07, 6.45) is 1.04. The molecule has 21 heavy (non-hydrogen) atoms. The first-order valence-corrected chi connectivity index (χ1v) is 7.25. The third kappa shape index (κ3) is 2.77. The molecule has 0 fully saturated rings. The van der Waals surface area contributed by atoms with Crippen molar-refractivity contribution in [2.75, 3.05) is 25.1 Å². The predicted molar refractivity (Wildman–Crippen MR) is 83.6 cm³/mol. The molecule has 1 unspecified atom stereocenters. The van der Waals surface area contributed by atoms with Gasteiger partial charge >= 0.3 is 5.97 Å². The summed E-state index contributed by atoms with van der Waals surface area (Å²) in [4.78, 5) is 14.4. The van der Waals surface area contributed by atoms with Crippen LogP contribution in [-0.2, 0) is 16.0 Å². The molecular weight excluding hydrogens is 262 g/mol. The molecule has 0 radical (unpaired) electrons. The predicted octanol–water partition coefficient (Wildman–Crippen LogP) is 3.01. The maximum atomic E-state index is 12.2. The van der Waals surface area contributed by atoms with E-state index in [1.165, 1.54) is 18.4 Å². The van der Waals surface area contributed by atoms with E-state index in [0.29, 0.717) is 6.54 Å². The lowest BCUT2D eigenvalue weighted by atomic mass is 9.98. The monoisotopic (exact) mass is 281 g/mol. The van der Waals surface area contributed by atoms with Crippen molar-refractivity contribution in [2.45, 2.75) is 12.3 Å². The van der Waals surface area contributed by atoms with Gasteiger partial charge in [-0.2, -0.15) is 0 Å². The van der Waals surface area contributed by atoms with E-state index in [4.69, 9.17) is 4.74 Å². The lowest BCUT2D eigenvalue weighted by molar-refractivity contribution is -0.142. The van der Waals surface area contributed by atoms with Crippen LogP contribution in [0.1, 0.15) is 17.0 Å². The molecule has 1 aliphatic heterocycles. The van der Waals surface area contributed by atoms with Crippen molar-refractivity contribution < 1.29 is 9.53 Å². The van der Waals surface area contributed by atoms with Crippen LogP contribution in [0.15, 0.2) is 54.6 Å². The fraction of sp³-hybridized carbons (Fsp3) is 0.278. The van der Waals surface area contributed by atoms with Crippen LogP contribution in [0.3, 0.4) is 0 Å². The molecule has 0 spiro atoms. The molecule has 1 heterocycles. The van der Waals surface area contributed by atoms with Crippen molar-refractivity contribution in [2.24, 2.45) is 0 Å². The first-order valence-electron chi connectivity index (χ1n) is 7.25. The van der Waals surface area contributed by atoms with E-state index in [-0.39, 0.29) is 11.9 Å². The SMILES string of the molecule is COC(=O)C(CN1CCc2ccccc21)c1ccccc1. The molecule has 0 aliphatic carbocycles. The molecule has 1 atom stereocenters. The minimum atomic E-state index is -0.248. The smallest absolute Gasteiger partial charge is 0.314 e. The number of fused-ring (bicyclic) bond motifs is 1. The van der Waals surface area contributed by atoms with E-state index in [9.17, 15) is 4.79 Å². The normalized spacial score (nSPS) is 14.6. The number of esters is 1. The molecule has 3 heteroatoms. The van der Waals surface area contributed by atoms with E-state index in [1.807, 2.05) is 36.4 Å². The standard InChI is InChI=1S/C18H19NO2/c1-21-18(20)16(14-7-3-2-4-8-14)13-19-12-11-15-9-5-6-10-17(15)19/h2-10,16H,11-13H2,1H3. The highest BCUT2D eigenvalue weighted by Gasteiger charge is 2.27. The van der Waals surface area contributed by atoms with E-state index in [1.54, 1.807) is 0 Å². The third-order valence-electron chi connectivity index (χ3n) is 4.07. The van der Waals surface area contributed by atoms with Crippen molar-refractivity contribution in [3.63, 3.8) is 0 Å². The largest absolute Gasteiger partial charge is 0.468 e. The minimum absolute atomic E-state index is 0.175. The highest BCUT2D eigenvalue weighted by molar-refractivity contribution is 5.79. The Kier molecular flexibility index (Phi) is 3.91. The molecule has 0 saturated carbocycles. The molecular formula is C18H19NO2. The fourth-order valence-electron chi connectivity index (χ4n) is 2.96. The highest BCUT2D eigenvalue weighted by Crippen LogP contribution is 2.30. The zero-order chi connectivity index (χ0) is 14.7. The Morgan fingerprint density at radius 1 is 1.14 bits per heavy atom. The number of benzene rings is 2. The summed E-state index contributed by atoms with van der Waals surface area (Å²) in [6, 6.07) is 18.3. The molecule has 2 aromatic rings. The topological polar surface area (TPSA) is 29.5 Å². The number of ether oxygens (including phenoxy) is 1. The van der Waals surface area contributed by atoms with Gasteiger partial charge in [0.15, 0.2) is 0 Å². The summed E-state index contributed by atoms with van der Waals surface area (Å²) in [5, 5.41) is 0. The fourth-order valence-corrected chi connectivity index (χ4v) is 2.96. The number of rotatable bonds is 4. The van der Waals surface area contributed by atoms with Gasteiger partial charge in [-0.3, -0.25) is 4.79 Å². The van der Waals surface area contributed by atoms with Crippen LogP contribution in [0, 0.1) is 0 Å². The zero-order valence-electron chi connectivity index (χ0n) is 12.2. The van der Waals surface area contributed by atoms with E-state index < -0.39 is 0 Å². The van der Waals surface area contributed by atoms with Crippen LogP contribution in [0.25, 0.3) is 0 Å². The molecule has 0 N–H and O–H groups in total.